The second kappa shape index (κ2) is 15.0. The third kappa shape index (κ3) is 8.07. The van der Waals surface area contributed by atoms with Gasteiger partial charge in [-0.3, -0.25) is 19.1 Å². The van der Waals surface area contributed by atoms with Gasteiger partial charge in [0.05, 0.1) is 25.0 Å². The maximum atomic E-state index is 14.4. The lowest BCUT2D eigenvalue weighted by atomic mass is 10.0. The number of ether oxygens (including phenoxy) is 3. The molecule has 6 aliphatic rings. The van der Waals surface area contributed by atoms with Gasteiger partial charge in [0, 0.05) is 31.8 Å². The first kappa shape index (κ1) is 36.2. The van der Waals surface area contributed by atoms with Gasteiger partial charge in [0.25, 0.3) is 5.91 Å². The standard InChI is InChI=1S/C36H47N5O10S/c42-31-30-18-27(51-35(46)40-16-14-23-8-6-7-9-24(23)20-40)21-41(30)32(43)29(37-34(45)50-26-15-17-49-22-26)11-5-3-1-2-4-10-25-19-36(25,38-31)33(44)39-52(47,48)28-12-13-28/h4,6-10,25-30H,1-3,5,11-22H2,(H,37,45)(H,38,42)(H,39,44)/b10-4-/t25-,26+,27+,29-,30-,36+/m0/s1. The summed E-state index contributed by atoms with van der Waals surface area (Å²) in [5.41, 5.74) is 0.657. The monoisotopic (exact) mass is 741 g/mol. The van der Waals surface area contributed by atoms with Crippen molar-refractivity contribution < 1.29 is 46.6 Å². The summed E-state index contributed by atoms with van der Waals surface area (Å²) in [6, 6.07) is 5.66. The van der Waals surface area contributed by atoms with Crippen molar-refractivity contribution in [2.75, 3.05) is 26.3 Å². The highest BCUT2D eigenvalue weighted by Crippen LogP contribution is 2.46. The first-order chi connectivity index (χ1) is 25.0. The minimum absolute atomic E-state index is 0.0527. The van der Waals surface area contributed by atoms with E-state index in [9.17, 15) is 32.4 Å². The van der Waals surface area contributed by atoms with Gasteiger partial charge in [-0.2, -0.15) is 0 Å². The smallest absolute Gasteiger partial charge is 0.410 e. The van der Waals surface area contributed by atoms with Crippen LogP contribution >= 0.6 is 0 Å². The SMILES string of the molecule is O=C(N[C@H]1CCCCC/C=C\[C@H]2C[C@@]2(C(=O)NS(=O)(=O)C2CC2)NC(=O)[C@@H]2C[C@@H](OC(=O)N3CCc4ccccc4C3)CN2C1=O)O[C@@H]1CCOC1. The zero-order valence-corrected chi connectivity index (χ0v) is 29.9. The van der Waals surface area contributed by atoms with E-state index in [1.807, 2.05) is 36.4 Å². The Balaban J connectivity index is 1.12. The number of rotatable bonds is 6. The fourth-order valence-electron chi connectivity index (χ4n) is 7.65. The van der Waals surface area contributed by atoms with Crippen LogP contribution in [0.5, 0.6) is 0 Å². The van der Waals surface area contributed by atoms with Gasteiger partial charge in [0.1, 0.15) is 29.8 Å². The van der Waals surface area contributed by atoms with Crippen molar-refractivity contribution in [3.8, 4) is 0 Å². The molecule has 2 saturated heterocycles. The van der Waals surface area contributed by atoms with Gasteiger partial charge in [0.15, 0.2) is 0 Å². The highest BCUT2D eigenvalue weighted by molar-refractivity contribution is 7.91. The summed E-state index contributed by atoms with van der Waals surface area (Å²) in [6.07, 6.45) is 6.52. The number of sulfonamides is 1. The molecule has 3 N–H and O–H groups in total. The lowest BCUT2D eigenvalue weighted by Gasteiger charge is -2.30. The van der Waals surface area contributed by atoms with E-state index in [1.54, 1.807) is 4.90 Å². The summed E-state index contributed by atoms with van der Waals surface area (Å²) < 4.78 is 44.5. The number of hydrogen-bond donors (Lipinski definition) is 3. The molecule has 4 fully saturated rings. The third-order valence-electron chi connectivity index (χ3n) is 11.0. The van der Waals surface area contributed by atoms with Crippen LogP contribution in [0.3, 0.4) is 0 Å². The van der Waals surface area contributed by atoms with Gasteiger partial charge in [-0.05, 0) is 56.1 Å². The van der Waals surface area contributed by atoms with Crippen molar-refractivity contribution in [3.05, 3.63) is 47.5 Å². The van der Waals surface area contributed by atoms with E-state index in [0.29, 0.717) is 58.2 Å². The number of allylic oxidation sites excluding steroid dienone is 1. The Bertz CT molecular complexity index is 1710. The molecule has 16 heteroatoms. The van der Waals surface area contributed by atoms with Crippen molar-refractivity contribution in [3.63, 3.8) is 0 Å². The largest absolute Gasteiger partial charge is 0.444 e. The second-order valence-corrected chi connectivity index (χ2v) is 16.7. The van der Waals surface area contributed by atoms with Crippen LogP contribution in [0.1, 0.15) is 75.3 Å². The minimum Gasteiger partial charge on any atom is -0.444 e. The molecule has 2 aliphatic carbocycles. The second-order valence-electron chi connectivity index (χ2n) is 14.8. The molecule has 6 atom stereocenters. The Morgan fingerprint density at radius 3 is 2.56 bits per heavy atom. The molecule has 0 bridgehead atoms. The van der Waals surface area contributed by atoms with E-state index in [0.717, 1.165) is 24.0 Å². The molecule has 0 spiro atoms. The molecular weight excluding hydrogens is 694 g/mol. The molecule has 4 heterocycles. The van der Waals surface area contributed by atoms with Gasteiger partial charge in [-0.15, -0.1) is 0 Å². The van der Waals surface area contributed by atoms with E-state index in [1.165, 1.54) is 4.90 Å². The zero-order chi connectivity index (χ0) is 36.5. The molecule has 15 nitrogen and oxygen atoms in total. The number of nitrogens with zero attached hydrogens (tertiary/aromatic N) is 2. The quantitative estimate of drug-likeness (QED) is 0.364. The maximum Gasteiger partial charge on any atom is 0.410 e. The van der Waals surface area contributed by atoms with Crippen LogP contribution < -0.4 is 15.4 Å². The Hall–Kier alpha value is -4.18. The predicted octanol–water partition coefficient (Wildman–Crippen LogP) is 2.04. The molecular formula is C36H47N5O10S. The van der Waals surface area contributed by atoms with E-state index in [2.05, 4.69) is 15.4 Å². The van der Waals surface area contributed by atoms with Crippen molar-refractivity contribution in [2.24, 2.45) is 5.92 Å². The lowest BCUT2D eigenvalue weighted by Crippen LogP contribution is -2.58. The van der Waals surface area contributed by atoms with Crippen molar-refractivity contribution >= 4 is 39.9 Å². The number of alkyl carbamates (subject to hydrolysis) is 1. The third-order valence-corrected chi connectivity index (χ3v) is 12.8. The first-order valence-electron chi connectivity index (χ1n) is 18.4. The van der Waals surface area contributed by atoms with Crippen LogP contribution in [0.15, 0.2) is 36.4 Å². The number of carbonyl (C=O) groups is 5. The summed E-state index contributed by atoms with van der Waals surface area (Å²) in [5, 5.41) is 4.91. The topological polar surface area (TPSA) is 190 Å². The lowest BCUT2D eigenvalue weighted by molar-refractivity contribution is -0.141. The Morgan fingerprint density at radius 1 is 0.981 bits per heavy atom. The molecule has 52 heavy (non-hydrogen) atoms. The Kier molecular flexibility index (Phi) is 10.5. The number of benzene rings is 1. The fraction of sp³-hybridized carbons (Fsp3) is 0.639. The van der Waals surface area contributed by atoms with Gasteiger partial charge < -0.3 is 34.6 Å². The van der Waals surface area contributed by atoms with E-state index < -0.39 is 80.9 Å². The van der Waals surface area contributed by atoms with Crippen molar-refractivity contribution in [1.82, 2.24) is 25.2 Å². The number of fused-ring (bicyclic) bond motifs is 3. The number of hydrogen-bond acceptors (Lipinski definition) is 10. The number of nitrogens with one attached hydrogen (secondary N) is 3. The van der Waals surface area contributed by atoms with E-state index in [-0.39, 0.29) is 32.4 Å². The first-order valence-corrected chi connectivity index (χ1v) is 20.0. The summed E-state index contributed by atoms with van der Waals surface area (Å²) in [5.74, 6) is -2.47. The maximum absolute atomic E-state index is 14.4. The molecule has 5 amide bonds. The van der Waals surface area contributed by atoms with Crippen LogP contribution in [-0.4, -0.2) is 110 Å². The number of amides is 5. The molecule has 282 valence electrons. The van der Waals surface area contributed by atoms with Crippen LogP contribution in [0, 0.1) is 5.92 Å². The Labute approximate surface area is 303 Å². The summed E-state index contributed by atoms with van der Waals surface area (Å²) in [4.78, 5) is 71.5. The molecule has 0 radical (unpaired) electrons. The molecule has 0 unspecified atom stereocenters. The van der Waals surface area contributed by atoms with Crippen LogP contribution in [0.4, 0.5) is 9.59 Å². The molecule has 7 rings (SSSR count). The molecule has 1 aromatic carbocycles. The molecule has 4 aliphatic heterocycles. The van der Waals surface area contributed by atoms with E-state index in [4.69, 9.17) is 14.2 Å². The van der Waals surface area contributed by atoms with Crippen molar-refractivity contribution in [2.45, 2.75) is 112 Å². The Morgan fingerprint density at radius 2 is 1.79 bits per heavy atom. The van der Waals surface area contributed by atoms with E-state index >= 15 is 0 Å². The van der Waals surface area contributed by atoms with Crippen LogP contribution in [0.25, 0.3) is 0 Å². The van der Waals surface area contributed by atoms with Gasteiger partial charge >= 0.3 is 12.2 Å². The van der Waals surface area contributed by atoms with Gasteiger partial charge in [-0.1, -0.05) is 49.3 Å². The van der Waals surface area contributed by atoms with Gasteiger partial charge in [0.2, 0.25) is 21.8 Å². The average Bonchev–Trinajstić information content (AvgIpc) is 4.00. The summed E-state index contributed by atoms with van der Waals surface area (Å²) in [7, 11) is -3.90. The highest BCUT2D eigenvalue weighted by atomic mass is 32.2. The summed E-state index contributed by atoms with van der Waals surface area (Å²) >= 11 is 0. The van der Waals surface area contributed by atoms with Crippen LogP contribution in [-0.2, 0) is 51.6 Å². The minimum atomic E-state index is -3.90. The fourth-order valence-corrected chi connectivity index (χ4v) is 9.01. The normalized spacial score (nSPS) is 31.4. The molecule has 0 aromatic heterocycles. The van der Waals surface area contributed by atoms with Crippen molar-refractivity contribution in [1.29, 1.82) is 0 Å². The van der Waals surface area contributed by atoms with Crippen LogP contribution in [0.2, 0.25) is 0 Å². The predicted molar refractivity (Wildman–Crippen MR) is 185 cm³/mol. The zero-order valence-electron chi connectivity index (χ0n) is 29.1. The number of carbonyl (C=O) groups excluding carboxylic acids is 5. The molecule has 2 saturated carbocycles. The average molecular weight is 742 g/mol. The molecule has 1 aromatic rings. The highest BCUT2D eigenvalue weighted by Gasteiger charge is 2.62. The van der Waals surface area contributed by atoms with Gasteiger partial charge in [-0.25, -0.2) is 18.0 Å². The summed E-state index contributed by atoms with van der Waals surface area (Å²) in [6.45, 7) is 1.43.